The van der Waals surface area contributed by atoms with Crippen molar-refractivity contribution in [1.82, 2.24) is 0 Å². The Labute approximate surface area is 108 Å². The highest BCUT2D eigenvalue weighted by atomic mass is 16.3. The number of benzene rings is 1. The predicted octanol–water partition coefficient (Wildman–Crippen LogP) is 2.52. The van der Waals surface area contributed by atoms with E-state index in [2.05, 4.69) is 10.6 Å². The van der Waals surface area contributed by atoms with Gasteiger partial charge in [-0.1, -0.05) is 6.07 Å². The van der Waals surface area contributed by atoms with Crippen LogP contribution in [0.15, 0.2) is 18.2 Å². The molecule has 1 amide bonds. The first-order valence-corrected chi connectivity index (χ1v) is 6.07. The van der Waals surface area contributed by atoms with Gasteiger partial charge >= 0.3 is 0 Å². The summed E-state index contributed by atoms with van der Waals surface area (Å²) in [5.41, 5.74) is 1.86. The SMILES string of the molecule is CC(=O)Nc1cc(NC(C)C(C)(C)O)ccc1C. The molecule has 100 valence electrons. The average Bonchev–Trinajstić information content (AvgIpc) is 2.20. The van der Waals surface area contributed by atoms with E-state index < -0.39 is 5.60 Å². The molecule has 0 aliphatic carbocycles. The lowest BCUT2D eigenvalue weighted by molar-refractivity contribution is -0.114. The number of aryl methyl sites for hydroxylation is 1. The minimum atomic E-state index is -0.806. The highest BCUT2D eigenvalue weighted by Crippen LogP contribution is 2.22. The highest BCUT2D eigenvalue weighted by Gasteiger charge is 2.22. The zero-order valence-corrected chi connectivity index (χ0v) is 11.7. The van der Waals surface area contributed by atoms with Crippen LogP contribution in [-0.4, -0.2) is 22.7 Å². The first kappa shape index (κ1) is 14.5. The molecule has 3 N–H and O–H groups in total. The van der Waals surface area contributed by atoms with E-state index in [9.17, 15) is 9.90 Å². The molecule has 0 fully saturated rings. The molecule has 1 aromatic rings. The van der Waals surface area contributed by atoms with Crippen molar-refractivity contribution in [1.29, 1.82) is 0 Å². The van der Waals surface area contributed by atoms with E-state index in [0.29, 0.717) is 0 Å². The number of hydrogen-bond acceptors (Lipinski definition) is 3. The van der Waals surface area contributed by atoms with E-state index in [0.717, 1.165) is 16.9 Å². The molecule has 0 heterocycles. The summed E-state index contributed by atoms with van der Waals surface area (Å²) >= 11 is 0. The van der Waals surface area contributed by atoms with Crippen LogP contribution >= 0.6 is 0 Å². The molecule has 1 unspecified atom stereocenters. The van der Waals surface area contributed by atoms with Crippen LogP contribution in [0.25, 0.3) is 0 Å². The number of hydrogen-bond donors (Lipinski definition) is 3. The molecule has 0 spiro atoms. The van der Waals surface area contributed by atoms with Gasteiger partial charge in [-0.15, -0.1) is 0 Å². The first-order chi connectivity index (χ1) is 8.20. The molecule has 0 saturated carbocycles. The second-order valence-electron chi connectivity index (χ2n) is 5.23. The minimum Gasteiger partial charge on any atom is -0.388 e. The molecule has 4 heteroatoms. The maximum atomic E-state index is 11.1. The molecule has 0 aliphatic heterocycles. The van der Waals surface area contributed by atoms with Crippen LogP contribution in [0.1, 0.15) is 33.3 Å². The minimum absolute atomic E-state index is 0.0919. The van der Waals surface area contributed by atoms with Crippen LogP contribution in [0.4, 0.5) is 11.4 Å². The van der Waals surface area contributed by atoms with Gasteiger partial charge in [0.05, 0.1) is 11.6 Å². The van der Waals surface area contributed by atoms with Gasteiger partial charge in [0.1, 0.15) is 0 Å². The lowest BCUT2D eigenvalue weighted by atomic mass is 10.0. The van der Waals surface area contributed by atoms with Gasteiger partial charge in [0.25, 0.3) is 0 Å². The number of anilines is 2. The van der Waals surface area contributed by atoms with Crippen LogP contribution < -0.4 is 10.6 Å². The van der Waals surface area contributed by atoms with Crippen molar-refractivity contribution in [2.24, 2.45) is 0 Å². The smallest absolute Gasteiger partial charge is 0.221 e. The van der Waals surface area contributed by atoms with E-state index in [-0.39, 0.29) is 11.9 Å². The van der Waals surface area contributed by atoms with Gasteiger partial charge in [0, 0.05) is 18.3 Å². The van der Waals surface area contributed by atoms with Gasteiger partial charge in [-0.05, 0) is 45.4 Å². The molecule has 0 saturated heterocycles. The molecule has 0 radical (unpaired) electrons. The monoisotopic (exact) mass is 250 g/mol. The fourth-order valence-corrected chi connectivity index (χ4v) is 1.46. The summed E-state index contributed by atoms with van der Waals surface area (Å²) in [6.07, 6.45) is 0. The molecular weight excluding hydrogens is 228 g/mol. The predicted molar refractivity (Wildman–Crippen MR) is 74.9 cm³/mol. The zero-order valence-electron chi connectivity index (χ0n) is 11.7. The Hall–Kier alpha value is -1.55. The first-order valence-electron chi connectivity index (χ1n) is 6.07. The second-order valence-corrected chi connectivity index (χ2v) is 5.23. The van der Waals surface area contributed by atoms with Crippen molar-refractivity contribution >= 4 is 17.3 Å². The molecule has 0 bridgehead atoms. The molecule has 18 heavy (non-hydrogen) atoms. The second kappa shape index (κ2) is 5.40. The topological polar surface area (TPSA) is 61.4 Å². The summed E-state index contributed by atoms with van der Waals surface area (Å²) in [6, 6.07) is 5.65. The van der Waals surface area contributed by atoms with Crippen molar-refractivity contribution in [2.75, 3.05) is 10.6 Å². The van der Waals surface area contributed by atoms with Crippen molar-refractivity contribution in [2.45, 2.75) is 46.3 Å². The van der Waals surface area contributed by atoms with Crippen LogP contribution in [0.2, 0.25) is 0 Å². The summed E-state index contributed by atoms with van der Waals surface area (Å²) in [5, 5.41) is 15.9. The number of aliphatic hydroxyl groups is 1. The third-order valence-corrected chi connectivity index (χ3v) is 2.99. The van der Waals surface area contributed by atoms with E-state index in [1.807, 2.05) is 32.0 Å². The maximum absolute atomic E-state index is 11.1. The largest absolute Gasteiger partial charge is 0.388 e. The summed E-state index contributed by atoms with van der Waals surface area (Å²) in [4.78, 5) is 11.1. The van der Waals surface area contributed by atoms with Crippen LogP contribution in [0.3, 0.4) is 0 Å². The molecule has 1 rings (SSSR count). The van der Waals surface area contributed by atoms with Gasteiger partial charge < -0.3 is 15.7 Å². The summed E-state index contributed by atoms with van der Waals surface area (Å²) in [5.74, 6) is -0.0919. The fourth-order valence-electron chi connectivity index (χ4n) is 1.46. The zero-order chi connectivity index (χ0) is 13.9. The standard InChI is InChI=1S/C14H22N2O2/c1-9-6-7-12(8-13(9)16-11(3)17)15-10(2)14(4,5)18/h6-8,10,15,18H,1-5H3,(H,16,17). The van der Waals surface area contributed by atoms with E-state index >= 15 is 0 Å². The summed E-state index contributed by atoms with van der Waals surface area (Å²) < 4.78 is 0. The van der Waals surface area contributed by atoms with Gasteiger partial charge in [0.2, 0.25) is 5.91 Å². The average molecular weight is 250 g/mol. The Kier molecular flexibility index (Phi) is 4.35. The van der Waals surface area contributed by atoms with Crippen molar-refractivity contribution < 1.29 is 9.90 Å². The van der Waals surface area contributed by atoms with Gasteiger partial charge in [-0.3, -0.25) is 4.79 Å². The van der Waals surface area contributed by atoms with Gasteiger partial charge in [-0.25, -0.2) is 0 Å². The van der Waals surface area contributed by atoms with Crippen molar-refractivity contribution in [3.8, 4) is 0 Å². The van der Waals surface area contributed by atoms with Crippen molar-refractivity contribution in [3.05, 3.63) is 23.8 Å². The number of carbonyl (C=O) groups excluding carboxylic acids is 1. The Balaban J connectivity index is 2.88. The molecule has 4 nitrogen and oxygen atoms in total. The quantitative estimate of drug-likeness (QED) is 0.769. The van der Waals surface area contributed by atoms with Crippen LogP contribution in [0, 0.1) is 6.92 Å². The van der Waals surface area contributed by atoms with E-state index in [1.54, 1.807) is 13.8 Å². The van der Waals surface area contributed by atoms with E-state index in [4.69, 9.17) is 0 Å². The molecular formula is C14H22N2O2. The third-order valence-electron chi connectivity index (χ3n) is 2.99. The maximum Gasteiger partial charge on any atom is 0.221 e. The molecule has 0 aromatic heterocycles. The number of amides is 1. The number of nitrogens with one attached hydrogen (secondary N) is 2. The Bertz CT molecular complexity index is 436. The molecule has 0 aliphatic rings. The van der Waals surface area contributed by atoms with Gasteiger partial charge in [-0.2, -0.15) is 0 Å². The Morgan fingerprint density at radius 1 is 1.39 bits per heavy atom. The van der Waals surface area contributed by atoms with Crippen LogP contribution in [-0.2, 0) is 4.79 Å². The lowest BCUT2D eigenvalue weighted by Gasteiger charge is -2.28. The Morgan fingerprint density at radius 3 is 2.50 bits per heavy atom. The number of carbonyl (C=O) groups is 1. The summed E-state index contributed by atoms with van der Waals surface area (Å²) in [6.45, 7) is 8.85. The molecule has 1 atom stereocenters. The van der Waals surface area contributed by atoms with Crippen LogP contribution in [0.5, 0.6) is 0 Å². The number of rotatable bonds is 4. The van der Waals surface area contributed by atoms with Gasteiger partial charge in [0.15, 0.2) is 0 Å². The molecule has 1 aromatic carbocycles. The highest BCUT2D eigenvalue weighted by molar-refractivity contribution is 5.90. The lowest BCUT2D eigenvalue weighted by Crippen LogP contribution is -2.39. The third kappa shape index (κ3) is 4.04. The normalized spacial score (nSPS) is 13.0. The van der Waals surface area contributed by atoms with Crippen molar-refractivity contribution in [3.63, 3.8) is 0 Å². The van der Waals surface area contributed by atoms with E-state index in [1.165, 1.54) is 6.92 Å². The Morgan fingerprint density at radius 2 is 2.00 bits per heavy atom. The fraction of sp³-hybridized carbons (Fsp3) is 0.500. The summed E-state index contributed by atoms with van der Waals surface area (Å²) in [7, 11) is 0.